The smallest absolute Gasteiger partial charge is 0.264 e. The first-order valence-corrected chi connectivity index (χ1v) is 15.2. The Morgan fingerprint density at radius 2 is 1.57 bits per heavy atom. The van der Waals surface area contributed by atoms with E-state index in [1.165, 1.54) is 43.4 Å². The number of methoxy groups -OCH3 is 2. The molecule has 1 atom stereocenters. The van der Waals surface area contributed by atoms with Gasteiger partial charge in [0.2, 0.25) is 11.8 Å². The highest BCUT2D eigenvalue weighted by Crippen LogP contribution is 2.33. The van der Waals surface area contributed by atoms with Crippen molar-refractivity contribution < 1.29 is 27.5 Å². The quantitative estimate of drug-likeness (QED) is 0.297. The molecule has 0 saturated heterocycles. The summed E-state index contributed by atoms with van der Waals surface area (Å²) in [6.07, 6.45) is 0. The average molecular weight is 637 g/mol. The maximum atomic E-state index is 14.1. The minimum atomic E-state index is -4.29. The second-order valence-electron chi connectivity index (χ2n) is 10.5. The van der Waals surface area contributed by atoms with Gasteiger partial charge < -0.3 is 19.7 Å². The second kappa shape index (κ2) is 13.7. The molecule has 0 aliphatic heterocycles. The van der Waals surface area contributed by atoms with Gasteiger partial charge in [0.15, 0.2) is 0 Å². The van der Waals surface area contributed by atoms with Gasteiger partial charge in [0, 0.05) is 12.1 Å². The molecule has 0 aliphatic rings. The van der Waals surface area contributed by atoms with Gasteiger partial charge in [-0.15, -0.1) is 0 Å². The first kappa shape index (κ1) is 33.0. The fourth-order valence-corrected chi connectivity index (χ4v) is 5.86. The fourth-order valence-electron chi connectivity index (χ4n) is 4.12. The highest BCUT2D eigenvalue weighted by Gasteiger charge is 2.34. The lowest BCUT2D eigenvalue weighted by Crippen LogP contribution is -2.54. The van der Waals surface area contributed by atoms with Gasteiger partial charge in [-0.05, 0) is 81.8 Å². The number of benzene rings is 3. The van der Waals surface area contributed by atoms with Crippen LogP contribution < -0.4 is 19.1 Å². The summed E-state index contributed by atoms with van der Waals surface area (Å²) in [5.41, 5.74) is 0.200. The summed E-state index contributed by atoms with van der Waals surface area (Å²) in [5.74, 6) is -0.310. The molecule has 0 bridgehead atoms. The molecule has 3 rings (SSSR count). The molecule has 42 heavy (non-hydrogen) atoms. The van der Waals surface area contributed by atoms with E-state index in [2.05, 4.69) is 5.32 Å². The predicted molar refractivity (Wildman–Crippen MR) is 165 cm³/mol. The van der Waals surface area contributed by atoms with Crippen molar-refractivity contribution in [3.05, 3.63) is 82.3 Å². The fraction of sp³-hybridized carbons (Fsp3) is 0.333. The van der Waals surface area contributed by atoms with Gasteiger partial charge in [-0.2, -0.15) is 0 Å². The van der Waals surface area contributed by atoms with Crippen LogP contribution in [0.15, 0.2) is 71.6 Å². The summed E-state index contributed by atoms with van der Waals surface area (Å²) in [6.45, 7) is 6.41. The molecule has 1 N–H and O–H groups in total. The first-order chi connectivity index (χ1) is 19.7. The van der Waals surface area contributed by atoms with Crippen molar-refractivity contribution in [3.8, 4) is 11.5 Å². The van der Waals surface area contributed by atoms with E-state index in [1.54, 1.807) is 49.4 Å². The molecule has 12 heteroatoms. The molecular formula is C30H35Cl2N3O6S. The molecule has 3 aromatic rings. The zero-order valence-electron chi connectivity index (χ0n) is 24.4. The number of sulfonamides is 1. The standard InChI is InChI=1S/C30H35Cl2N3O6S/c1-20(29(37)33-30(2,3)4)34(18-21-11-16-24(31)25(32)17-21)28(36)19-35(26-9-7-8-10-27(26)41-6)42(38,39)23-14-12-22(40-5)13-15-23/h7-17,20H,18-19H2,1-6H3,(H,33,37). The topological polar surface area (TPSA) is 105 Å². The van der Waals surface area contributed by atoms with E-state index in [4.69, 9.17) is 32.7 Å². The van der Waals surface area contributed by atoms with Gasteiger partial charge >= 0.3 is 0 Å². The number of amides is 2. The van der Waals surface area contributed by atoms with Crippen LogP contribution in [-0.4, -0.2) is 57.5 Å². The third-order valence-electron chi connectivity index (χ3n) is 6.28. The van der Waals surface area contributed by atoms with Crippen molar-refractivity contribution in [1.82, 2.24) is 10.2 Å². The summed E-state index contributed by atoms with van der Waals surface area (Å²) < 4.78 is 39.7. The number of anilines is 1. The van der Waals surface area contributed by atoms with E-state index in [0.717, 1.165) is 4.31 Å². The Morgan fingerprint density at radius 1 is 0.929 bits per heavy atom. The third kappa shape index (κ3) is 8.08. The number of hydrogen-bond acceptors (Lipinski definition) is 6. The molecule has 2 amide bonds. The van der Waals surface area contributed by atoms with Crippen molar-refractivity contribution in [1.29, 1.82) is 0 Å². The van der Waals surface area contributed by atoms with Crippen LogP contribution in [0.4, 0.5) is 5.69 Å². The van der Waals surface area contributed by atoms with Crippen LogP contribution >= 0.6 is 23.2 Å². The van der Waals surface area contributed by atoms with Crippen LogP contribution in [0.2, 0.25) is 10.0 Å². The van der Waals surface area contributed by atoms with Gasteiger partial charge in [-0.1, -0.05) is 41.4 Å². The summed E-state index contributed by atoms with van der Waals surface area (Å²) in [4.78, 5) is 28.6. The molecule has 226 valence electrons. The largest absolute Gasteiger partial charge is 0.497 e. The van der Waals surface area contributed by atoms with E-state index in [-0.39, 0.29) is 27.9 Å². The molecule has 0 radical (unpaired) electrons. The van der Waals surface area contributed by atoms with E-state index < -0.39 is 40.0 Å². The normalized spacial score (nSPS) is 12.3. The number of nitrogens with one attached hydrogen (secondary N) is 1. The number of para-hydroxylation sites is 2. The van der Waals surface area contributed by atoms with Crippen molar-refractivity contribution in [3.63, 3.8) is 0 Å². The zero-order chi connectivity index (χ0) is 31.2. The number of halogens is 2. The first-order valence-electron chi connectivity index (χ1n) is 13.0. The Kier molecular flexibility index (Phi) is 10.8. The average Bonchev–Trinajstić information content (AvgIpc) is 2.95. The monoisotopic (exact) mass is 635 g/mol. The van der Waals surface area contributed by atoms with Crippen LogP contribution in [0.3, 0.4) is 0 Å². The lowest BCUT2D eigenvalue weighted by molar-refractivity contribution is -0.140. The van der Waals surface area contributed by atoms with E-state index in [0.29, 0.717) is 16.3 Å². The lowest BCUT2D eigenvalue weighted by Gasteiger charge is -2.33. The van der Waals surface area contributed by atoms with E-state index >= 15 is 0 Å². The maximum absolute atomic E-state index is 14.1. The number of rotatable bonds is 11. The van der Waals surface area contributed by atoms with E-state index in [1.807, 2.05) is 20.8 Å². The van der Waals surface area contributed by atoms with Gasteiger partial charge in [0.25, 0.3) is 10.0 Å². The molecule has 0 saturated carbocycles. The summed E-state index contributed by atoms with van der Waals surface area (Å²) in [6, 6.07) is 16.2. The van der Waals surface area contributed by atoms with Crippen molar-refractivity contribution >= 4 is 50.7 Å². The molecule has 0 heterocycles. The number of nitrogens with zero attached hydrogens (tertiary/aromatic N) is 2. The molecule has 0 fully saturated rings. The molecule has 9 nitrogen and oxygen atoms in total. The third-order valence-corrected chi connectivity index (χ3v) is 8.80. The molecule has 0 spiro atoms. The maximum Gasteiger partial charge on any atom is 0.264 e. The number of ether oxygens (including phenoxy) is 2. The molecule has 3 aromatic carbocycles. The Morgan fingerprint density at radius 3 is 2.14 bits per heavy atom. The second-order valence-corrected chi connectivity index (χ2v) is 13.2. The van der Waals surface area contributed by atoms with Gasteiger partial charge in [-0.3, -0.25) is 13.9 Å². The van der Waals surface area contributed by atoms with Gasteiger partial charge in [0.05, 0.1) is 34.8 Å². The van der Waals surface area contributed by atoms with Crippen LogP contribution in [0.1, 0.15) is 33.3 Å². The molecule has 1 unspecified atom stereocenters. The number of carbonyl (C=O) groups is 2. The number of hydrogen-bond donors (Lipinski definition) is 1. The summed E-state index contributed by atoms with van der Waals surface area (Å²) in [7, 11) is -1.40. The minimum Gasteiger partial charge on any atom is -0.497 e. The van der Waals surface area contributed by atoms with Crippen LogP contribution in [0.25, 0.3) is 0 Å². The summed E-state index contributed by atoms with van der Waals surface area (Å²) in [5, 5.41) is 3.51. The Hall–Kier alpha value is -3.47. The minimum absolute atomic E-state index is 0.0310. The van der Waals surface area contributed by atoms with Gasteiger partial charge in [-0.25, -0.2) is 8.42 Å². The Balaban J connectivity index is 2.09. The highest BCUT2D eigenvalue weighted by atomic mass is 35.5. The van der Waals surface area contributed by atoms with Crippen molar-refractivity contribution in [2.45, 2.75) is 50.7 Å². The molecule has 0 aromatic heterocycles. The zero-order valence-corrected chi connectivity index (χ0v) is 26.7. The van der Waals surface area contributed by atoms with Gasteiger partial charge in [0.1, 0.15) is 24.1 Å². The van der Waals surface area contributed by atoms with Crippen molar-refractivity contribution in [2.75, 3.05) is 25.1 Å². The lowest BCUT2D eigenvalue weighted by atomic mass is 10.1. The number of carbonyl (C=O) groups excluding carboxylic acids is 2. The van der Waals surface area contributed by atoms with Crippen LogP contribution in [0.5, 0.6) is 11.5 Å². The summed E-state index contributed by atoms with van der Waals surface area (Å²) >= 11 is 12.3. The van der Waals surface area contributed by atoms with Crippen molar-refractivity contribution in [2.24, 2.45) is 0 Å². The Bertz CT molecular complexity index is 1520. The van der Waals surface area contributed by atoms with Crippen LogP contribution in [0, 0.1) is 0 Å². The SMILES string of the molecule is COc1ccc(S(=O)(=O)N(CC(=O)N(Cc2ccc(Cl)c(Cl)c2)C(C)C(=O)NC(C)(C)C)c2ccccc2OC)cc1. The molecular weight excluding hydrogens is 601 g/mol. The predicted octanol–water partition coefficient (Wildman–Crippen LogP) is 5.54. The van der Waals surface area contributed by atoms with Crippen LogP contribution in [-0.2, 0) is 26.2 Å². The Labute approximate surface area is 257 Å². The highest BCUT2D eigenvalue weighted by molar-refractivity contribution is 7.92. The van der Waals surface area contributed by atoms with E-state index in [9.17, 15) is 18.0 Å². The molecule has 0 aliphatic carbocycles.